The molecule has 0 saturated carbocycles. The first-order valence-corrected chi connectivity index (χ1v) is 16.3. The van der Waals surface area contributed by atoms with Crippen LogP contribution in [0.1, 0.15) is 32.7 Å². The number of nitrogens with zero attached hydrogens (tertiary/aromatic N) is 8. The molecule has 262 valence electrons. The summed E-state index contributed by atoms with van der Waals surface area (Å²) in [5, 5.41) is 15.2. The number of hydrogen-bond donors (Lipinski definition) is 1. The minimum Gasteiger partial charge on any atom is -0.457 e. The minimum absolute atomic E-state index is 0.0502. The zero-order valence-corrected chi connectivity index (χ0v) is 27.7. The zero-order valence-electron chi connectivity index (χ0n) is 27.7. The molecule has 2 aromatic heterocycles. The number of benzene rings is 2. The number of hydrogen-bond acceptors (Lipinski definition) is 9. The fraction of sp³-hybridized carbons (Fsp3) is 0.400. The highest BCUT2D eigenvalue weighted by molar-refractivity contribution is 5.99. The summed E-state index contributed by atoms with van der Waals surface area (Å²) in [6.45, 7) is 4.52. The Balaban J connectivity index is 1.22. The van der Waals surface area contributed by atoms with Crippen LogP contribution in [0.25, 0.3) is 22.3 Å². The summed E-state index contributed by atoms with van der Waals surface area (Å²) in [4.78, 5) is 27.3. The number of carbonyl (C=O) groups excluding carboxylic acids is 1. The molecule has 1 atom stereocenters. The molecule has 0 unspecified atom stereocenters. The van der Waals surface area contributed by atoms with E-state index >= 15 is 4.39 Å². The van der Waals surface area contributed by atoms with Gasteiger partial charge in [0.2, 0.25) is 0 Å². The van der Waals surface area contributed by atoms with Gasteiger partial charge in [0.25, 0.3) is 5.91 Å². The summed E-state index contributed by atoms with van der Waals surface area (Å²) in [6.07, 6.45) is -0.123. The molecule has 0 bridgehead atoms. The molecule has 15 heteroatoms. The van der Waals surface area contributed by atoms with Crippen LogP contribution in [0.2, 0.25) is 0 Å². The number of nitriles is 1. The lowest BCUT2D eigenvalue weighted by Gasteiger charge is -2.43. The van der Waals surface area contributed by atoms with E-state index in [0.29, 0.717) is 55.0 Å². The molecule has 2 aliphatic rings. The number of nitrogens with two attached hydrogens (primary N) is 1. The van der Waals surface area contributed by atoms with E-state index in [-0.39, 0.29) is 48.3 Å². The molecule has 2 aromatic carbocycles. The fourth-order valence-corrected chi connectivity index (χ4v) is 6.65. The molecular weight excluding hydrogens is 654 g/mol. The van der Waals surface area contributed by atoms with Crippen LogP contribution in [-0.4, -0.2) is 97.9 Å². The number of likely N-dealkylation sites (tertiary alicyclic amines) is 1. The number of amides is 1. The van der Waals surface area contributed by atoms with E-state index in [1.165, 1.54) is 17.3 Å². The number of anilines is 1. The highest BCUT2D eigenvalue weighted by Gasteiger charge is 2.36. The summed E-state index contributed by atoms with van der Waals surface area (Å²) in [7, 11) is 0. The standard InChI is InChI=1S/C35H37F4N9O2/c1-34(2,47-15-13-45(14-16-47)21-35(37,38)39)18-23(19-40)33(49)46-12-6-7-24(20-46)48-32-29(31(41)42-22-43-32)30(44-48)27-11-10-26(17-28(27)36)50-25-8-4-3-5-9-25/h3-5,8-11,17-18,22,24H,6-7,12-16,20-21H2,1-2H3,(H2,41,42,43)/b23-18+/t24-/m0/s1. The smallest absolute Gasteiger partial charge is 0.401 e. The molecule has 0 radical (unpaired) electrons. The third kappa shape index (κ3) is 7.56. The predicted octanol–water partition coefficient (Wildman–Crippen LogP) is 5.58. The van der Waals surface area contributed by atoms with Gasteiger partial charge in [0, 0.05) is 56.4 Å². The Hall–Kier alpha value is -5.07. The first-order valence-electron chi connectivity index (χ1n) is 16.3. The SMILES string of the molecule is CC(C)(/C=C(\C#N)C(=O)N1CCC[C@H](n2nc(-c3ccc(Oc4ccccc4)cc3F)c3c(N)ncnc32)C1)N1CCN(CC(F)(F)F)CC1. The topological polar surface area (TPSA) is 129 Å². The van der Waals surface area contributed by atoms with E-state index in [0.717, 1.165) is 0 Å². The van der Waals surface area contributed by atoms with E-state index in [2.05, 4.69) is 16.0 Å². The van der Waals surface area contributed by atoms with Gasteiger partial charge in [0.1, 0.15) is 46.8 Å². The highest BCUT2D eigenvalue weighted by Crippen LogP contribution is 2.36. The van der Waals surface area contributed by atoms with Crippen molar-refractivity contribution in [3.05, 3.63) is 72.3 Å². The average molecular weight is 692 g/mol. The number of halogens is 4. The Bertz CT molecular complexity index is 1930. The number of rotatable bonds is 8. The molecule has 0 spiro atoms. The predicted molar refractivity (Wildman–Crippen MR) is 178 cm³/mol. The number of fused-ring (bicyclic) bond motifs is 1. The van der Waals surface area contributed by atoms with Gasteiger partial charge in [-0.05, 0) is 57.0 Å². The lowest BCUT2D eigenvalue weighted by atomic mass is 9.96. The molecule has 4 heterocycles. The fourth-order valence-electron chi connectivity index (χ4n) is 6.65. The van der Waals surface area contributed by atoms with Crippen molar-refractivity contribution < 1.29 is 27.1 Å². The van der Waals surface area contributed by atoms with Crippen LogP contribution in [0.5, 0.6) is 11.5 Å². The van der Waals surface area contributed by atoms with Gasteiger partial charge in [-0.15, -0.1) is 0 Å². The molecular formula is C35H37F4N9O2. The van der Waals surface area contributed by atoms with Gasteiger partial charge in [0.15, 0.2) is 5.65 Å². The average Bonchev–Trinajstić information content (AvgIpc) is 3.48. The number of aromatic nitrogens is 4. The molecule has 2 aliphatic heterocycles. The summed E-state index contributed by atoms with van der Waals surface area (Å²) in [5.41, 5.74) is 6.30. The molecule has 4 aromatic rings. The van der Waals surface area contributed by atoms with Crippen LogP contribution in [0.3, 0.4) is 0 Å². The second-order valence-corrected chi connectivity index (χ2v) is 13.1. The van der Waals surface area contributed by atoms with Crippen molar-refractivity contribution >= 4 is 22.8 Å². The van der Waals surface area contributed by atoms with E-state index < -0.39 is 30.0 Å². The zero-order chi connectivity index (χ0) is 35.6. The Labute approximate surface area is 286 Å². The number of nitrogen functional groups attached to an aromatic ring is 1. The Morgan fingerprint density at radius 3 is 2.48 bits per heavy atom. The Morgan fingerprint density at radius 2 is 1.80 bits per heavy atom. The van der Waals surface area contributed by atoms with E-state index in [1.54, 1.807) is 39.9 Å². The van der Waals surface area contributed by atoms with Crippen LogP contribution < -0.4 is 10.5 Å². The molecule has 2 N–H and O–H groups in total. The van der Waals surface area contributed by atoms with Crippen molar-refractivity contribution in [2.75, 3.05) is 51.5 Å². The maximum absolute atomic E-state index is 15.6. The molecule has 0 aliphatic carbocycles. The van der Waals surface area contributed by atoms with Crippen LogP contribution in [0, 0.1) is 17.1 Å². The molecule has 11 nitrogen and oxygen atoms in total. The first kappa shape index (κ1) is 34.8. The van der Waals surface area contributed by atoms with Crippen LogP contribution >= 0.6 is 0 Å². The van der Waals surface area contributed by atoms with E-state index in [4.69, 9.17) is 15.6 Å². The number of alkyl halides is 3. The second kappa shape index (κ2) is 14.0. The minimum atomic E-state index is -4.27. The summed E-state index contributed by atoms with van der Waals surface area (Å²) < 4.78 is 61.7. The Kier molecular flexibility index (Phi) is 9.77. The van der Waals surface area contributed by atoms with Crippen LogP contribution in [0.15, 0.2) is 66.5 Å². The maximum atomic E-state index is 15.6. The van der Waals surface area contributed by atoms with Crippen LogP contribution in [-0.2, 0) is 4.79 Å². The normalized spacial score (nSPS) is 18.3. The lowest BCUT2D eigenvalue weighted by molar-refractivity contribution is -0.150. The van der Waals surface area contributed by atoms with Gasteiger partial charge in [0.05, 0.1) is 18.0 Å². The molecule has 2 fully saturated rings. The highest BCUT2D eigenvalue weighted by atomic mass is 19.4. The monoisotopic (exact) mass is 691 g/mol. The number of carbonyl (C=O) groups is 1. The molecule has 50 heavy (non-hydrogen) atoms. The number of piperazine rings is 1. The quantitative estimate of drug-likeness (QED) is 0.143. The van der Waals surface area contributed by atoms with Gasteiger partial charge in [-0.3, -0.25) is 14.6 Å². The van der Waals surface area contributed by atoms with E-state index in [9.17, 15) is 23.2 Å². The van der Waals surface area contributed by atoms with Crippen molar-refractivity contribution in [2.24, 2.45) is 0 Å². The molecule has 2 saturated heterocycles. The third-order valence-electron chi connectivity index (χ3n) is 9.16. The van der Waals surface area contributed by atoms with Crippen molar-refractivity contribution in [3.8, 4) is 28.8 Å². The maximum Gasteiger partial charge on any atom is 0.401 e. The summed E-state index contributed by atoms with van der Waals surface area (Å²) in [5.74, 6) is -0.0435. The number of piperidine rings is 1. The van der Waals surface area contributed by atoms with Gasteiger partial charge in [-0.1, -0.05) is 18.2 Å². The number of para-hydroxylation sites is 1. The van der Waals surface area contributed by atoms with Crippen LogP contribution in [0.4, 0.5) is 23.4 Å². The molecule has 6 rings (SSSR count). The van der Waals surface area contributed by atoms with Crippen molar-refractivity contribution in [1.29, 1.82) is 5.26 Å². The largest absolute Gasteiger partial charge is 0.457 e. The third-order valence-corrected chi connectivity index (χ3v) is 9.16. The van der Waals surface area contributed by atoms with Crippen molar-refractivity contribution in [2.45, 2.75) is 44.4 Å². The lowest BCUT2D eigenvalue weighted by Crippen LogP contribution is -2.55. The van der Waals surface area contributed by atoms with Crippen molar-refractivity contribution in [1.82, 2.24) is 34.4 Å². The number of ether oxygens (including phenoxy) is 1. The van der Waals surface area contributed by atoms with Gasteiger partial charge >= 0.3 is 6.18 Å². The summed E-state index contributed by atoms with van der Waals surface area (Å²) in [6, 6.07) is 15.2. The first-order chi connectivity index (χ1) is 23.8. The van der Waals surface area contributed by atoms with Gasteiger partial charge in [-0.2, -0.15) is 23.5 Å². The molecule has 1 amide bonds. The van der Waals surface area contributed by atoms with Gasteiger partial charge < -0.3 is 15.4 Å². The Morgan fingerprint density at radius 1 is 1.06 bits per heavy atom. The van der Waals surface area contributed by atoms with Crippen molar-refractivity contribution in [3.63, 3.8) is 0 Å². The van der Waals surface area contributed by atoms with Gasteiger partial charge in [-0.25, -0.2) is 19.0 Å². The van der Waals surface area contributed by atoms with E-state index in [1.807, 2.05) is 36.9 Å². The second-order valence-electron chi connectivity index (χ2n) is 13.1. The summed E-state index contributed by atoms with van der Waals surface area (Å²) >= 11 is 0.